The van der Waals surface area contributed by atoms with Gasteiger partial charge in [0.15, 0.2) is 0 Å². The van der Waals surface area contributed by atoms with Crippen LogP contribution in [0.15, 0.2) is 109 Å². The minimum atomic E-state index is -2.30. The molecule has 78 heavy (non-hydrogen) atoms. The Kier molecular flexibility index (Phi) is 23.2. The highest BCUT2D eigenvalue weighted by Crippen LogP contribution is 2.55. The Morgan fingerprint density at radius 3 is 0.833 bits per heavy atom. The van der Waals surface area contributed by atoms with Crippen LogP contribution in [0.2, 0.25) is 0 Å². The number of para-hydroxylation sites is 4. The van der Waals surface area contributed by atoms with E-state index in [-0.39, 0.29) is 49.6 Å². The summed E-state index contributed by atoms with van der Waals surface area (Å²) in [5.74, 6) is 1.96. The summed E-state index contributed by atoms with van der Waals surface area (Å²) >= 11 is 0. The van der Waals surface area contributed by atoms with Crippen molar-refractivity contribution in [3.05, 3.63) is 165 Å². The summed E-state index contributed by atoms with van der Waals surface area (Å²) in [7, 11) is 0.912. The van der Waals surface area contributed by atoms with E-state index in [1.807, 2.05) is 139 Å². The van der Waals surface area contributed by atoms with Gasteiger partial charge in [-0.05, 0) is 173 Å². The van der Waals surface area contributed by atoms with Crippen LogP contribution in [0.4, 0.5) is 0 Å². The molecule has 0 fully saturated rings. The number of carbonyl (C=O) groups is 4. The van der Waals surface area contributed by atoms with Crippen molar-refractivity contribution in [2.45, 2.75) is 119 Å². The molecular weight excluding hydrogens is 1030 g/mol. The van der Waals surface area contributed by atoms with Gasteiger partial charge >= 0.3 is 41.1 Å². The SMILES string of the molecule is COC(=O)CCCc1ccccc1OP(Oc1ccccc1CCCC(=O)OC)Oc1c(C)c(C)cc(C)c1-c1c(C)cc(C)c(C)c1OP(Oc1ccccc1CCCC(=O)OC)Oc1ccccc1CCCC(=O)OC. The quantitative estimate of drug-likeness (QED) is 0.0248. The van der Waals surface area contributed by atoms with Crippen LogP contribution in [0.3, 0.4) is 0 Å². The zero-order valence-corrected chi connectivity index (χ0v) is 48.3. The van der Waals surface area contributed by atoms with E-state index >= 15 is 0 Å². The molecule has 0 saturated heterocycles. The minimum absolute atomic E-state index is 0.238. The smallest absolute Gasteiger partial charge is 0.469 e. The maximum atomic E-state index is 12.2. The predicted molar refractivity (Wildman–Crippen MR) is 303 cm³/mol. The fraction of sp³-hybridized carbons (Fsp3) is 0.355. The van der Waals surface area contributed by atoms with Crippen LogP contribution in [-0.2, 0) is 63.8 Å². The summed E-state index contributed by atoms with van der Waals surface area (Å²) in [6.07, 6.45) is 5.18. The molecular formula is C62H72O14P2. The standard InChI is InChI=1S/C62H72O14P2/c1-41-39-43(3)59(61(45(41)5)75-77(71-51-31-15-11-23-47(51)27-19-35-55(63)67-7)72-52-32-16-12-24-48(52)28-20-36-56(64)68-8)60-44(4)40-42(2)46(6)62(60)76-78(73-53-33-17-13-25-49(53)29-21-37-57(65)69-9)74-54-34-18-14-26-50(54)30-22-38-58(66)70-10/h11-18,23-26,31-34,39-40H,19-22,27-30,35-38H2,1-10H3. The van der Waals surface area contributed by atoms with E-state index in [2.05, 4.69) is 12.1 Å². The van der Waals surface area contributed by atoms with Crippen molar-refractivity contribution < 1.29 is 65.3 Å². The van der Waals surface area contributed by atoms with Crippen LogP contribution in [0.1, 0.15) is 107 Å². The van der Waals surface area contributed by atoms with Gasteiger partial charge in [-0.15, -0.1) is 0 Å². The van der Waals surface area contributed by atoms with E-state index in [0.29, 0.717) is 85.9 Å². The summed E-state index contributed by atoms with van der Waals surface area (Å²) in [6.45, 7) is 12.2. The van der Waals surface area contributed by atoms with Gasteiger partial charge in [0.2, 0.25) is 0 Å². The van der Waals surface area contributed by atoms with Crippen molar-refractivity contribution in [3.63, 3.8) is 0 Å². The van der Waals surface area contributed by atoms with Crippen molar-refractivity contribution >= 4 is 41.1 Å². The average molecular weight is 1100 g/mol. The molecule has 14 nitrogen and oxygen atoms in total. The number of hydrogen-bond donors (Lipinski definition) is 0. The lowest BCUT2D eigenvalue weighted by atomic mass is 9.88. The average Bonchev–Trinajstić information content (AvgIpc) is 3.45. The summed E-state index contributed by atoms with van der Waals surface area (Å²) < 4.78 is 61.9. The summed E-state index contributed by atoms with van der Waals surface area (Å²) in [4.78, 5) is 48.7. The Labute approximate surface area is 462 Å². The third kappa shape index (κ3) is 16.9. The van der Waals surface area contributed by atoms with E-state index in [1.165, 1.54) is 28.4 Å². The van der Waals surface area contributed by atoms with Crippen LogP contribution < -0.4 is 27.1 Å². The number of benzene rings is 6. The lowest BCUT2D eigenvalue weighted by Gasteiger charge is -2.27. The van der Waals surface area contributed by atoms with Crippen molar-refractivity contribution in [2.75, 3.05) is 28.4 Å². The van der Waals surface area contributed by atoms with Gasteiger partial charge in [0, 0.05) is 36.8 Å². The molecule has 0 heterocycles. The molecule has 0 aliphatic carbocycles. The molecule has 0 radical (unpaired) electrons. The molecule has 6 rings (SSSR count). The fourth-order valence-corrected chi connectivity index (χ4v) is 11.2. The molecule has 6 aromatic carbocycles. The van der Waals surface area contributed by atoms with E-state index in [4.69, 9.17) is 46.1 Å². The number of carbonyl (C=O) groups excluding carboxylic acids is 4. The maximum Gasteiger partial charge on any atom is 0.530 e. The van der Waals surface area contributed by atoms with Crippen LogP contribution in [-0.4, -0.2) is 52.3 Å². The summed E-state index contributed by atoms with van der Waals surface area (Å²) in [6, 6.07) is 34.8. The lowest BCUT2D eigenvalue weighted by Crippen LogP contribution is -2.10. The zero-order valence-electron chi connectivity index (χ0n) is 46.5. The van der Waals surface area contributed by atoms with E-state index in [1.54, 1.807) is 0 Å². The molecule has 0 saturated carbocycles. The molecule has 0 aromatic heterocycles. The molecule has 0 N–H and O–H groups in total. The highest BCUT2D eigenvalue weighted by Gasteiger charge is 2.32. The van der Waals surface area contributed by atoms with Gasteiger partial charge < -0.3 is 46.1 Å². The Balaban J connectivity index is 1.49. The minimum Gasteiger partial charge on any atom is -0.469 e. The lowest BCUT2D eigenvalue weighted by molar-refractivity contribution is -0.141. The monoisotopic (exact) mass is 1100 g/mol. The molecule has 0 amide bonds. The van der Waals surface area contributed by atoms with Gasteiger partial charge in [0.1, 0.15) is 34.5 Å². The van der Waals surface area contributed by atoms with Crippen molar-refractivity contribution in [1.82, 2.24) is 0 Å². The largest absolute Gasteiger partial charge is 0.530 e. The second kappa shape index (κ2) is 30.1. The van der Waals surface area contributed by atoms with Gasteiger partial charge in [-0.3, -0.25) is 19.2 Å². The highest BCUT2D eigenvalue weighted by molar-refractivity contribution is 7.43. The summed E-state index contributed by atoms with van der Waals surface area (Å²) in [5, 5.41) is 0. The molecule has 6 aromatic rings. The molecule has 0 unspecified atom stereocenters. The Hall–Kier alpha value is -7.14. The predicted octanol–water partition coefficient (Wildman–Crippen LogP) is 14.7. The topological polar surface area (TPSA) is 161 Å². The molecule has 0 spiro atoms. The normalized spacial score (nSPS) is 11.0. The van der Waals surface area contributed by atoms with Gasteiger partial charge in [-0.25, -0.2) is 0 Å². The van der Waals surface area contributed by atoms with Gasteiger partial charge in [-0.2, -0.15) is 0 Å². The van der Waals surface area contributed by atoms with E-state index in [0.717, 1.165) is 66.8 Å². The van der Waals surface area contributed by atoms with E-state index in [9.17, 15) is 19.2 Å². The van der Waals surface area contributed by atoms with E-state index < -0.39 is 17.2 Å². The van der Waals surface area contributed by atoms with Crippen LogP contribution in [0.25, 0.3) is 11.1 Å². The first kappa shape index (κ1) is 60.1. The molecule has 0 aliphatic rings. The third-order valence-corrected chi connectivity index (χ3v) is 15.4. The molecule has 0 atom stereocenters. The fourth-order valence-electron chi connectivity index (χ4n) is 8.83. The van der Waals surface area contributed by atoms with Gasteiger partial charge in [0.05, 0.1) is 28.4 Å². The Bertz CT molecular complexity index is 2670. The van der Waals surface area contributed by atoms with Gasteiger partial charge in [0.25, 0.3) is 0 Å². The Morgan fingerprint density at radius 2 is 0.590 bits per heavy atom. The van der Waals surface area contributed by atoms with Crippen LogP contribution in [0.5, 0.6) is 34.5 Å². The summed E-state index contributed by atoms with van der Waals surface area (Å²) in [5.41, 5.74) is 10.3. The third-order valence-electron chi connectivity index (χ3n) is 13.4. The van der Waals surface area contributed by atoms with Crippen molar-refractivity contribution in [3.8, 4) is 45.6 Å². The van der Waals surface area contributed by atoms with Crippen molar-refractivity contribution in [2.24, 2.45) is 0 Å². The number of hydrogen-bond acceptors (Lipinski definition) is 14. The van der Waals surface area contributed by atoms with Crippen LogP contribution >= 0.6 is 17.2 Å². The molecule has 0 aliphatic heterocycles. The molecule has 414 valence electrons. The Morgan fingerprint density at radius 1 is 0.346 bits per heavy atom. The first-order valence-electron chi connectivity index (χ1n) is 26.1. The first-order chi connectivity index (χ1) is 37.6. The van der Waals surface area contributed by atoms with Crippen LogP contribution in [0, 0.1) is 41.5 Å². The zero-order chi connectivity index (χ0) is 56.1. The number of methoxy groups -OCH3 is 4. The second-order valence-electron chi connectivity index (χ2n) is 18.8. The van der Waals surface area contributed by atoms with Gasteiger partial charge in [-0.1, -0.05) is 84.9 Å². The molecule has 16 heteroatoms. The number of ether oxygens (including phenoxy) is 4. The first-order valence-corrected chi connectivity index (χ1v) is 28.3. The molecule has 0 bridgehead atoms. The highest BCUT2D eigenvalue weighted by atomic mass is 31.2. The second-order valence-corrected chi connectivity index (χ2v) is 20.8. The maximum absolute atomic E-state index is 12.2. The number of rotatable bonds is 29. The number of esters is 4. The number of aryl methyl sites for hydroxylation is 8. The van der Waals surface area contributed by atoms with Crippen molar-refractivity contribution in [1.29, 1.82) is 0 Å².